The number of nitrogen functional groups attached to an aromatic ring is 1. The van der Waals surface area contributed by atoms with E-state index in [1.54, 1.807) is 36.4 Å². The highest BCUT2D eigenvalue weighted by Crippen LogP contribution is 2.29. The molecule has 1 amide bonds. The van der Waals surface area contributed by atoms with Crippen molar-refractivity contribution < 1.29 is 14.3 Å². The topological polar surface area (TPSA) is 73.6 Å². The first-order valence-electron chi connectivity index (χ1n) is 6.13. The zero-order valence-electron chi connectivity index (χ0n) is 11.6. The molecule has 0 unspecified atom stereocenters. The number of carbonyl (C=O) groups excluding carboxylic acids is 1. The number of hydrogen-bond acceptors (Lipinski definition) is 4. The van der Waals surface area contributed by atoms with Crippen LogP contribution in [0.5, 0.6) is 11.5 Å². The minimum Gasteiger partial charge on any atom is -0.496 e. The minimum absolute atomic E-state index is 0.295. The molecule has 21 heavy (non-hydrogen) atoms. The van der Waals surface area contributed by atoms with Crippen molar-refractivity contribution in [3.63, 3.8) is 0 Å². The summed E-state index contributed by atoms with van der Waals surface area (Å²) in [5.74, 6) is 0.693. The molecule has 0 radical (unpaired) electrons. The number of anilines is 2. The quantitative estimate of drug-likeness (QED) is 0.829. The van der Waals surface area contributed by atoms with Crippen LogP contribution in [-0.2, 0) is 0 Å². The summed E-state index contributed by atoms with van der Waals surface area (Å²) in [7, 11) is 3.04. The van der Waals surface area contributed by atoms with Crippen LogP contribution in [0.1, 0.15) is 10.4 Å². The number of carbonyl (C=O) groups is 1. The molecule has 0 atom stereocenters. The molecule has 0 bridgehead atoms. The maximum absolute atomic E-state index is 12.4. The van der Waals surface area contributed by atoms with Crippen LogP contribution in [-0.4, -0.2) is 20.1 Å². The van der Waals surface area contributed by atoms with Crippen molar-refractivity contribution in [3.05, 3.63) is 46.4 Å². The van der Waals surface area contributed by atoms with Gasteiger partial charge in [0.15, 0.2) is 0 Å². The van der Waals surface area contributed by atoms with Crippen molar-refractivity contribution in [3.8, 4) is 11.5 Å². The summed E-state index contributed by atoms with van der Waals surface area (Å²) in [6.45, 7) is 0. The Morgan fingerprint density at radius 3 is 2.48 bits per heavy atom. The Morgan fingerprint density at radius 2 is 1.81 bits per heavy atom. The lowest BCUT2D eigenvalue weighted by Gasteiger charge is -2.12. The molecule has 110 valence electrons. The molecule has 0 spiro atoms. The molecule has 5 nitrogen and oxygen atoms in total. The number of hydrogen-bond donors (Lipinski definition) is 2. The SMILES string of the molecule is COc1cc(N)ccc1NC(=O)c1cc(Br)ccc1OC. The number of halogens is 1. The lowest BCUT2D eigenvalue weighted by Crippen LogP contribution is -2.14. The first kappa shape index (κ1) is 15.2. The van der Waals surface area contributed by atoms with E-state index in [2.05, 4.69) is 21.2 Å². The molecule has 0 aliphatic rings. The van der Waals surface area contributed by atoms with E-state index in [0.29, 0.717) is 28.4 Å². The first-order valence-corrected chi connectivity index (χ1v) is 6.93. The number of methoxy groups -OCH3 is 2. The number of benzene rings is 2. The van der Waals surface area contributed by atoms with Gasteiger partial charge in [-0.05, 0) is 30.3 Å². The predicted octanol–water partition coefficient (Wildman–Crippen LogP) is 3.30. The maximum Gasteiger partial charge on any atom is 0.259 e. The van der Waals surface area contributed by atoms with Gasteiger partial charge in [0.2, 0.25) is 0 Å². The summed E-state index contributed by atoms with van der Waals surface area (Å²) in [6.07, 6.45) is 0. The molecule has 0 saturated carbocycles. The van der Waals surface area contributed by atoms with Gasteiger partial charge in [-0.3, -0.25) is 4.79 Å². The van der Waals surface area contributed by atoms with Crippen molar-refractivity contribution in [1.82, 2.24) is 0 Å². The van der Waals surface area contributed by atoms with E-state index < -0.39 is 0 Å². The summed E-state index contributed by atoms with van der Waals surface area (Å²) >= 11 is 3.34. The molecule has 0 heterocycles. The van der Waals surface area contributed by atoms with Gasteiger partial charge < -0.3 is 20.5 Å². The third kappa shape index (κ3) is 3.46. The Morgan fingerprint density at radius 1 is 1.10 bits per heavy atom. The fraction of sp³-hybridized carbons (Fsp3) is 0.133. The predicted molar refractivity (Wildman–Crippen MR) is 86.1 cm³/mol. The van der Waals surface area contributed by atoms with Gasteiger partial charge in [-0.15, -0.1) is 0 Å². The maximum atomic E-state index is 12.4. The molecule has 0 aliphatic carbocycles. The van der Waals surface area contributed by atoms with Crippen molar-refractivity contribution in [1.29, 1.82) is 0 Å². The number of rotatable bonds is 4. The number of ether oxygens (including phenoxy) is 2. The Balaban J connectivity index is 2.32. The van der Waals surface area contributed by atoms with Gasteiger partial charge in [0.1, 0.15) is 11.5 Å². The molecule has 3 N–H and O–H groups in total. The van der Waals surface area contributed by atoms with Crippen LogP contribution in [0, 0.1) is 0 Å². The first-order chi connectivity index (χ1) is 10.0. The van der Waals surface area contributed by atoms with E-state index in [1.807, 2.05) is 0 Å². The number of nitrogens with one attached hydrogen (secondary N) is 1. The van der Waals surface area contributed by atoms with Crippen molar-refractivity contribution >= 4 is 33.2 Å². The third-order valence-corrected chi connectivity index (χ3v) is 3.37. The zero-order chi connectivity index (χ0) is 15.4. The van der Waals surface area contributed by atoms with E-state index >= 15 is 0 Å². The van der Waals surface area contributed by atoms with Crippen molar-refractivity contribution in [2.24, 2.45) is 0 Å². The van der Waals surface area contributed by atoms with E-state index in [1.165, 1.54) is 14.2 Å². The van der Waals surface area contributed by atoms with Crippen LogP contribution < -0.4 is 20.5 Å². The van der Waals surface area contributed by atoms with Crippen molar-refractivity contribution in [2.75, 3.05) is 25.3 Å². The average molecular weight is 351 g/mol. The second kappa shape index (κ2) is 6.49. The summed E-state index contributed by atoms with van der Waals surface area (Å²) in [4.78, 5) is 12.4. The molecule has 2 rings (SSSR count). The van der Waals surface area contributed by atoms with E-state index in [0.717, 1.165) is 4.47 Å². The van der Waals surface area contributed by atoms with E-state index in [4.69, 9.17) is 15.2 Å². The van der Waals surface area contributed by atoms with Gasteiger partial charge in [0.05, 0.1) is 25.5 Å². The van der Waals surface area contributed by atoms with Crippen LogP contribution in [0.4, 0.5) is 11.4 Å². The number of nitrogens with two attached hydrogens (primary N) is 1. The van der Waals surface area contributed by atoms with Crippen LogP contribution in [0.3, 0.4) is 0 Å². The highest BCUT2D eigenvalue weighted by molar-refractivity contribution is 9.10. The van der Waals surface area contributed by atoms with Crippen LogP contribution in [0.15, 0.2) is 40.9 Å². The minimum atomic E-state index is -0.295. The second-order valence-electron chi connectivity index (χ2n) is 4.26. The van der Waals surface area contributed by atoms with E-state index in [-0.39, 0.29) is 5.91 Å². The second-order valence-corrected chi connectivity index (χ2v) is 5.17. The molecular formula is C15H15BrN2O3. The largest absolute Gasteiger partial charge is 0.496 e. The fourth-order valence-corrected chi connectivity index (χ4v) is 2.22. The third-order valence-electron chi connectivity index (χ3n) is 2.88. The van der Waals surface area contributed by atoms with Crippen LogP contribution >= 0.6 is 15.9 Å². The summed E-state index contributed by atoms with van der Waals surface area (Å²) in [6, 6.07) is 10.2. The summed E-state index contributed by atoms with van der Waals surface area (Å²) in [5.41, 5.74) is 7.21. The standard InChI is InChI=1S/C15H15BrN2O3/c1-20-13-6-3-9(16)7-11(13)15(19)18-12-5-4-10(17)8-14(12)21-2/h3-8H,17H2,1-2H3,(H,18,19). The van der Waals surface area contributed by atoms with Gasteiger partial charge in [-0.25, -0.2) is 0 Å². The molecule has 6 heteroatoms. The average Bonchev–Trinajstić information content (AvgIpc) is 2.48. The van der Waals surface area contributed by atoms with Crippen molar-refractivity contribution in [2.45, 2.75) is 0 Å². The Kier molecular flexibility index (Phi) is 4.70. The van der Waals surface area contributed by atoms with Gasteiger partial charge in [0.25, 0.3) is 5.91 Å². The summed E-state index contributed by atoms with van der Waals surface area (Å²) < 4.78 is 11.2. The molecular weight excluding hydrogens is 336 g/mol. The normalized spacial score (nSPS) is 10.0. The monoisotopic (exact) mass is 350 g/mol. The molecule has 0 fully saturated rings. The smallest absolute Gasteiger partial charge is 0.259 e. The zero-order valence-corrected chi connectivity index (χ0v) is 13.2. The summed E-state index contributed by atoms with van der Waals surface area (Å²) in [5, 5.41) is 2.79. The molecule has 0 saturated heterocycles. The fourth-order valence-electron chi connectivity index (χ4n) is 1.86. The lowest BCUT2D eigenvalue weighted by atomic mass is 10.1. The van der Waals surface area contributed by atoms with E-state index in [9.17, 15) is 4.79 Å². The molecule has 2 aromatic carbocycles. The lowest BCUT2D eigenvalue weighted by molar-refractivity contribution is 0.102. The highest BCUT2D eigenvalue weighted by Gasteiger charge is 2.15. The number of amides is 1. The van der Waals surface area contributed by atoms with Gasteiger partial charge >= 0.3 is 0 Å². The van der Waals surface area contributed by atoms with Gasteiger partial charge in [0, 0.05) is 16.2 Å². The molecule has 0 aromatic heterocycles. The molecule has 0 aliphatic heterocycles. The molecule has 2 aromatic rings. The Labute approximate surface area is 131 Å². The van der Waals surface area contributed by atoms with Crippen LogP contribution in [0.2, 0.25) is 0 Å². The van der Waals surface area contributed by atoms with Gasteiger partial charge in [-0.2, -0.15) is 0 Å². The van der Waals surface area contributed by atoms with Crippen LogP contribution in [0.25, 0.3) is 0 Å². The Bertz CT molecular complexity index is 674. The Hall–Kier alpha value is -2.21. The van der Waals surface area contributed by atoms with Gasteiger partial charge in [-0.1, -0.05) is 15.9 Å². The highest BCUT2D eigenvalue weighted by atomic mass is 79.9.